The van der Waals surface area contributed by atoms with Gasteiger partial charge >= 0.3 is 18.1 Å². The second-order valence-electron chi connectivity index (χ2n) is 3.45. The number of alkyl halides is 3. The molecular weight excluding hydrogens is 283 g/mol. The van der Waals surface area contributed by atoms with E-state index in [1.165, 1.54) is 0 Å². The standard InChI is InChI=1S/C10H8F3N3O4/c11-10(12,13)6-1-2-15-4-5(6)9(19)20-16-7(14)3-8(17)18/h1-2,4H,3H2,(H2,14,16)(H,17,18). The molecule has 1 rings (SSSR count). The molecule has 0 fully saturated rings. The molecule has 0 aliphatic heterocycles. The SMILES string of the molecule is NC(CC(=O)O)=NOC(=O)c1cnccc1C(F)(F)F. The molecule has 10 heteroatoms. The summed E-state index contributed by atoms with van der Waals surface area (Å²) in [5, 5.41) is 11.3. The number of rotatable bonds is 4. The third-order valence-electron chi connectivity index (χ3n) is 1.92. The fourth-order valence-corrected chi connectivity index (χ4v) is 1.14. The topological polar surface area (TPSA) is 115 Å². The number of hydrogen-bond donors (Lipinski definition) is 2. The predicted octanol–water partition coefficient (Wildman–Crippen LogP) is 1.00. The van der Waals surface area contributed by atoms with Crippen LogP contribution in [-0.4, -0.2) is 27.9 Å². The molecule has 1 aromatic heterocycles. The van der Waals surface area contributed by atoms with E-state index in [9.17, 15) is 22.8 Å². The second kappa shape index (κ2) is 5.99. The van der Waals surface area contributed by atoms with Gasteiger partial charge in [-0.05, 0) is 6.07 Å². The van der Waals surface area contributed by atoms with Crippen molar-refractivity contribution in [2.45, 2.75) is 12.6 Å². The van der Waals surface area contributed by atoms with E-state index in [1.807, 2.05) is 0 Å². The lowest BCUT2D eigenvalue weighted by Crippen LogP contribution is -2.19. The number of carbonyl (C=O) groups is 2. The van der Waals surface area contributed by atoms with Crippen molar-refractivity contribution in [2.75, 3.05) is 0 Å². The lowest BCUT2D eigenvalue weighted by atomic mass is 10.1. The Bertz CT molecular complexity index is 557. The maximum Gasteiger partial charge on any atom is 0.417 e. The van der Waals surface area contributed by atoms with E-state index in [0.29, 0.717) is 12.3 Å². The van der Waals surface area contributed by atoms with Gasteiger partial charge < -0.3 is 15.7 Å². The minimum Gasteiger partial charge on any atom is -0.481 e. The van der Waals surface area contributed by atoms with Crippen LogP contribution in [0.3, 0.4) is 0 Å². The van der Waals surface area contributed by atoms with E-state index in [2.05, 4.69) is 15.0 Å². The summed E-state index contributed by atoms with van der Waals surface area (Å²) in [6.45, 7) is 0. The largest absolute Gasteiger partial charge is 0.481 e. The van der Waals surface area contributed by atoms with Gasteiger partial charge in [-0.1, -0.05) is 5.16 Å². The van der Waals surface area contributed by atoms with Crippen LogP contribution in [0.25, 0.3) is 0 Å². The number of carbonyl (C=O) groups excluding carboxylic acids is 1. The molecule has 0 bridgehead atoms. The maximum absolute atomic E-state index is 12.6. The number of carboxylic acids is 1. The first-order chi connectivity index (χ1) is 9.21. The van der Waals surface area contributed by atoms with E-state index in [1.54, 1.807) is 0 Å². The summed E-state index contributed by atoms with van der Waals surface area (Å²) in [5.41, 5.74) is 2.98. The molecule has 0 spiro atoms. The van der Waals surface area contributed by atoms with Crippen molar-refractivity contribution < 1.29 is 32.7 Å². The Morgan fingerprint density at radius 2 is 2.10 bits per heavy atom. The van der Waals surface area contributed by atoms with Gasteiger partial charge in [0, 0.05) is 12.4 Å². The molecule has 0 aliphatic rings. The zero-order chi connectivity index (χ0) is 15.3. The summed E-state index contributed by atoms with van der Waals surface area (Å²) in [6, 6.07) is 0.598. The van der Waals surface area contributed by atoms with E-state index in [4.69, 9.17) is 10.8 Å². The predicted molar refractivity (Wildman–Crippen MR) is 58.5 cm³/mol. The molecule has 0 aliphatic carbocycles. The third-order valence-corrected chi connectivity index (χ3v) is 1.92. The van der Waals surface area contributed by atoms with Crippen LogP contribution in [0.1, 0.15) is 22.3 Å². The summed E-state index contributed by atoms with van der Waals surface area (Å²) in [5.74, 6) is -3.35. The first-order valence-corrected chi connectivity index (χ1v) is 4.98. The quantitative estimate of drug-likeness (QED) is 0.370. The molecule has 0 unspecified atom stereocenters. The van der Waals surface area contributed by atoms with Gasteiger partial charge in [-0.2, -0.15) is 13.2 Å². The Morgan fingerprint density at radius 1 is 1.45 bits per heavy atom. The molecule has 3 N–H and O–H groups in total. The molecule has 108 valence electrons. The van der Waals surface area contributed by atoms with Gasteiger partial charge in [-0.15, -0.1) is 0 Å². The van der Waals surface area contributed by atoms with Gasteiger partial charge in [0.1, 0.15) is 6.42 Å². The molecule has 0 amide bonds. The molecule has 7 nitrogen and oxygen atoms in total. The maximum atomic E-state index is 12.6. The number of aromatic nitrogens is 1. The van der Waals surface area contributed by atoms with Crippen molar-refractivity contribution in [2.24, 2.45) is 10.9 Å². The van der Waals surface area contributed by atoms with Gasteiger partial charge in [-0.25, -0.2) is 4.79 Å². The fourth-order valence-electron chi connectivity index (χ4n) is 1.14. The lowest BCUT2D eigenvalue weighted by molar-refractivity contribution is -0.138. The average Bonchev–Trinajstić information content (AvgIpc) is 2.34. The number of carboxylic acid groups (broad SMARTS) is 1. The number of nitrogens with zero attached hydrogens (tertiary/aromatic N) is 2. The average molecular weight is 291 g/mol. The number of hydrogen-bond acceptors (Lipinski definition) is 5. The van der Waals surface area contributed by atoms with Crippen LogP contribution in [0.4, 0.5) is 13.2 Å². The minimum atomic E-state index is -4.77. The van der Waals surface area contributed by atoms with Crippen molar-refractivity contribution in [3.8, 4) is 0 Å². The number of aliphatic carboxylic acids is 1. The highest BCUT2D eigenvalue weighted by molar-refractivity contribution is 5.96. The first-order valence-electron chi connectivity index (χ1n) is 4.98. The van der Waals surface area contributed by atoms with Gasteiger partial charge in [0.25, 0.3) is 0 Å². The smallest absolute Gasteiger partial charge is 0.417 e. The zero-order valence-corrected chi connectivity index (χ0v) is 9.72. The normalized spacial score (nSPS) is 12.1. The molecule has 0 saturated heterocycles. The summed E-state index contributed by atoms with van der Waals surface area (Å²) in [6.07, 6.45) is -3.96. The Morgan fingerprint density at radius 3 is 2.65 bits per heavy atom. The minimum absolute atomic E-state index is 0.566. The molecule has 0 aromatic carbocycles. The summed E-state index contributed by atoms with van der Waals surface area (Å²) < 4.78 is 37.8. The highest BCUT2D eigenvalue weighted by atomic mass is 19.4. The van der Waals surface area contributed by atoms with Gasteiger partial charge in [0.15, 0.2) is 5.84 Å². The lowest BCUT2D eigenvalue weighted by Gasteiger charge is -2.09. The van der Waals surface area contributed by atoms with Crippen LogP contribution in [-0.2, 0) is 15.8 Å². The number of halogens is 3. The Balaban J connectivity index is 2.92. The van der Waals surface area contributed by atoms with Crippen LogP contribution >= 0.6 is 0 Å². The van der Waals surface area contributed by atoms with E-state index >= 15 is 0 Å². The van der Waals surface area contributed by atoms with E-state index in [0.717, 1.165) is 6.20 Å². The van der Waals surface area contributed by atoms with Gasteiger partial charge in [0.2, 0.25) is 0 Å². The Kier molecular flexibility index (Phi) is 4.62. The monoisotopic (exact) mass is 291 g/mol. The fraction of sp³-hybridized carbons (Fsp3) is 0.200. The van der Waals surface area contributed by atoms with Crippen LogP contribution in [0, 0.1) is 0 Å². The molecule has 0 atom stereocenters. The molecule has 1 aromatic rings. The Hall–Kier alpha value is -2.65. The number of oxime groups is 1. The van der Waals surface area contributed by atoms with Crippen LogP contribution in [0.2, 0.25) is 0 Å². The van der Waals surface area contributed by atoms with Crippen LogP contribution < -0.4 is 5.73 Å². The van der Waals surface area contributed by atoms with Gasteiger partial charge in [0.05, 0.1) is 11.1 Å². The number of amidine groups is 1. The highest BCUT2D eigenvalue weighted by Crippen LogP contribution is 2.31. The molecule has 0 saturated carbocycles. The third kappa shape index (κ3) is 4.23. The number of nitrogens with two attached hydrogens (primary N) is 1. The molecule has 1 heterocycles. The first kappa shape index (κ1) is 15.4. The summed E-state index contributed by atoms with van der Waals surface area (Å²) in [7, 11) is 0. The van der Waals surface area contributed by atoms with E-state index in [-0.39, 0.29) is 0 Å². The van der Waals surface area contributed by atoms with Crippen molar-refractivity contribution in [3.63, 3.8) is 0 Å². The zero-order valence-electron chi connectivity index (χ0n) is 9.72. The Labute approximate surface area is 109 Å². The van der Waals surface area contributed by atoms with Crippen LogP contribution in [0.5, 0.6) is 0 Å². The van der Waals surface area contributed by atoms with Gasteiger partial charge in [-0.3, -0.25) is 9.78 Å². The van der Waals surface area contributed by atoms with E-state index < -0.39 is 41.5 Å². The summed E-state index contributed by atoms with van der Waals surface area (Å²) >= 11 is 0. The van der Waals surface area contributed by atoms with Crippen molar-refractivity contribution in [1.29, 1.82) is 0 Å². The molecule has 20 heavy (non-hydrogen) atoms. The summed E-state index contributed by atoms with van der Waals surface area (Å²) in [4.78, 5) is 29.2. The number of pyridine rings is 1. The second-order valence-corrected chi connectivity index (χ2v) is 3.45. The molecular formula is C10H8F3N3O4. The van der Waals surface area contributed by atoms with Crippen molar-refractivity contribution >= 4 is 17.8 Å². The van der Waals surface area contributed by atoms with Crippen molar-refractivity contribution in [3.05, 3.63) is 29.6 Å². The molecule has 0 radical (unpaired) electrons. The van der Waals surface area contributed by atoms with Crippen LogP contribution in [0.15, 0.2) is 23.6 Å². The highest BCUT2D eigenvalue weighted by Gasteiger charge is 2.35. The van der Waals surface area contributed by atoms with Crippen molar-refractivity contribution in [1.82, 2.24) is 4.98 Å².